The van der Waals surface area contributed by atoms with Crippen molar-refractivity contribution in [2.24, 2.45) is 0 Å². The highest BCUT2D eigenvalue weighted by molar-refractivity contribution is 5.97. The molecule has 0 fully saturated rings. The number of hydrogen-bond acceptors (Lipinski definition) is 1. The molecule has 0 spiro atoms. The van der Waals surface area contributed by atoms with Gasteiger partial charge in [0, 0.05) is 29.8 Å². The Bertz CT molecular complexity index is 695. The van der Waals surface area contributed by atoms with Gasteiger partial charge in [0.2, 0.25) is 0 Å². The smallest absolute Gasteiger partial charge is 0.0489 e. The monoisotopic (exact) mass is 236 g/mol. The Hall–Kier alpha value is -2.22. The van der Waals surface area contributed by atoms with Gasteiger partial charge in [0.15, 0.2) is 0 Å². The van der Waals surface area contributed by atoms with Gasteiger partial charge in [-0.3, -0.25) is 0 Å². The third-order valence-corrected chi connectivity index (χ3v) is 3.39. The number of aromatic amines is 1. The van der Waals surface area contributed by atoms with Crippen molar-refractivity contribution in [2.45, 2.75) is 6.92 Å². The SMILES string of the molecule is CNc1cccc(-c2ccc(C)c3[nH]ccc23)c1. The van der Waals surface area contributed by atoms with Gasteiger partial charge < -0.3 is 10.3 Å². The third kappa shape index (κ3) is 1.66. The molecule has 0 unspecified atom stereocenters. The summed E-state index contributed by atoms with van der Waals surface area (Å²) < 4.78 is 0. The minimum atomic E-state index is 1.14. The third-order valence-electron chi connectivity index (χ3n) is 3.39. The quantitative estimate of drug-likeness (QED) is 0.686. The molecule has 0 bridgehead atoms. The Kier molecular flexibility index (Phi) is 2.56. The molecule has 0 atom stereocenters. The fraction of sp³-hybridized carbons (Fsp3) is 0.125. The molecule has 3 rings (SSSR count). The summed E-state index contributed by atoms with van der Waals surface area (Å²) in [6.07, 6.45) is 2.00. The first-order valence-corrected chi connectivity index (χ1v) is 6.14. The van der Waals surface area contributed by atoms with Crippen LogP contribution in [0.25, 0.3) is 22.0 Å². The van der Waals surface area contributed by atoms with Gasteiger partial charge in [-0.2, -0.15) is 0 Å². The summed E-state index contributed by atoms with van der Waals surface area (Å²) in [6, 6.07) is 15.0. The topological polar surface area (TPSA) is 27.8 Å². The van der Waals surface area contributed by atoms with Crippen LogP contribution in [0.1, 0.15) is 5.56 Å². The molecule has 1 heterocycles. The number of benzene rings is 2. The first-order valence-electron chi connectivity index (χ1n) is 6.14. The Morgan fingerprint density at radius 2 is 1.94 bits per heavy atom. The van der Waals surface area contributed by atoms with Gasteiger partial charge in [-0.25, -0.2) is 0 Å². The predicted octanol–water partition coefficient (Wildman–Crippen LogP) is 4.19. The second-order valence-corrected chi connectivity index (χ2v) is 4.53. The van der Waals surface area contributed by atoms with Crippen LogP contribution in [0.2, 0.25) is 0 Å². The van der Waals surface area contributed by atoms with Crippen LogP contribution in [0.3, 0.4) is 0 Å². The van der Waals surface area contributed by atoms with Crippen molar-refractivity contribution in [2.75, 3.05) is 12.4 Å². The van der Waals surface area contributed by atoms with Gasteiger partial charge in [0.25, 0.3) is 0 Å². The normalized spacial score (nSPS) is 10.8. The highest BCUT2D eigenvalue weighted by atomic mass is 14.8. The van der Waals surface area contributed by atoms with E-state index in [1.54, 1.807) is 0 Å². The number of fused-ring (bicyclic) bond motifs is 1. The standard InChI is InChI=1S/C16H16N2/c1-11-6-7-14(15-8-9-18-16(11)15)12-4-3-5-13(10-12)17-2/h3-10,17-18H,1-2H3. The molecule has 1 aromatic heterocycles. The molecule has 2 aromatic carbocycles. The maximum atomic E-state index is 3.31. The first kappa shape index (κ1) is 10.9. The van der Waals surface area contributed by atoms with Crippen molar-refractivity contribution in [3.8, 4) is 11.1 Å². The lowest BCUT2D eigenvalue weighted by Gasteiger charge is -2.08. The number of H-pyrrole nitrogens is 1. The molecule has 90 valence electrons. The lowest BCUT2D eigenvalue weighted by atomic mass is 9.99. The minimum absolute atomic E-state index is 1.14. The lowest BCUT2D eigenvalue weighted by Crippen LogP contribution is -1.88. The molecular weight excluding hydrogens is 220 g/mol. The Labute approximate surface area is 107 Å². The van der Waals surface area contributed by atoms with Crippen LogP contribution in [0.5, 0.6) is 0 Å². The number of anilines is 1. The summed E-state index contributed by atoms with van der Waals surface area (Å²) >= 11 is 0. The molecular formula is C16H16N2. The predicted molar refractivity (Wildman–Crippen MR) is 78.0 cm³/mol. The van der Waals surface area contributed by atoms with Gasteiger partial charge >= 0.3 is 0 Å². The fourth-order valence-electron chi connectivity index (χ4n) is 2.40. The Morgan fingerprint density at radius 3 is 2.78 bits per heavy atom. The van der Waals surface area contributed by atoms with E-state index in [4.69, 9.17) is 0 Å². The molecule has 0 saturated heterocycles. The summed E-state index contributed by atoms with van der Waals surface area (Å²) in [4.78, 5) is 3.31. The number of rotatable bonds is 2. The van der Waals surface area contributed by atoms with Crippen LogP contribution in [-0.4, -0.2) is 12.0 Å². The van der Waals surface area contributed by atoms with Gasteiger partial charge in [-0.05, 0) is 41.8 Å². The fourth-order valence-corrected chi connectivity index (χ4v) is 2.40. The summed E-state index contributed by atoms with van der Waals surface area (Å²) in [5, 5.41) is 4.46. The maximum absolute atomic E-state index is 3.31. The summed E-state index contributed by atoms with van der Waals surface area (Å²) in [7, 11) is 1.94. The molecule has 18 heavy (non-hydrogen) atoms. The molecule has 2 heteroatoms. The van der Waals surface area contributed by atoms with Gasteiger partial charge in [-0.1, -0.05) is 24.3 Å². The average Bonchev–Trinajstić information content (AvgIpc) is 2.89. The first-order chi connectivity index (χ1) is 8.79. The molecule has 0 aliphatic carbocycles. The number of aromatic nitrogens is 1. The van der Waals surface area contributed by atoms with E-state index in [1.165, 1.54) is 27.6 Å². The molecule has 2 N–H and O–H groups in total. The summed E-state index contributed by atoms with van der Waals surface area (Å²) in [6.45, 7) is 2.13. The zero-order valence-corrected chi connectivity index (χ0v) is 10.6. The molecule has 0 aliphatic heterocycles. The van der Waals surface area contributed by atoms with Crippen LogP contribution in [0, 0.1) is 6.92 Å². The largest absolute Gasteiger partial charge is 0.388 e. The van der Waals surface area contributed by atoms with Crippen molar-refractivity contribution in [1.82, 2.24) is 4.98 Å². The number of nitrogens with one attached hydrogen (secondary N) is 2. The summed E-state index contributed by atoms with van der Waals surface area (Å²) in [5.41, 5.74) is 6.16. The van der Waals surface area contributed by atoms with Crippen LogP contribution in [0.4, 0.5) is 5.69 Å². The molecule has 0 radical (unpaired) electrons. The van der Waals surface area contributed by atoms with Gasteiger partial charge in [0.05, 0.1) is 0 Å². The van der Waals surface area contributed by atoms with E-state index in [1.807, 2.05) is 13.2 Å². The molecule has 0 saturated carbocycles. The highest BCUT2D eigenvalue weighted by Gasteiger charge is 2.06. The van der Waals surface area contributed by atoms with Gasteiger partial charge in [-0.15, -0.1) is 0 Å². The lowest BCUT2D eigenvalue weighted by molar-refractivity contribution is 1.42. The van der Waals surface area contributed by atoms with E-state index in [9.17, 15) is 0 Å². The zero-order valence-electron chi connectivity index (χ0n) is 10.6. The van der Waals surface area contributed by atoms with Crippen LogP contribution < -0.4 is 5.32 Å². The average molecular weight is 236 g/mol. The van der Waals surface area contributed by atoms with Crippen molar-refractivity contribution in [3.05, 3.63) is 54.2 Å². The van der Waals surface area contributed by atoms with Crippen molar-refractivity contribution < 1.29 is 0 Å². The molecule has 0 amide bonds. The van der Waals surface area contributed by atoms with Gasteiger partial charge in [0.1, 0.15) is 0 Å². The molecule has 0 aliphatic rings. The van der Waals surface area contributed by atoms with E-state index in [2.05, 4.69) is 59.7 Å². The highest BCUT2D eigenvalue weighted by Crippen LogP contribution is 2.31. The van der Waals surface area contributed by atoms with Crippen LogP contribution in [0.15, 0.2) is 48.7 Å². The van der Waals surface area contributed by atoms with Crippen LogP contribution >= 0.6 is 0 Å². The van der Waals surface area contributed by atoms with E-state index < -0.39 is 0 Å². The van der Waals surface area contributed by atoms with E-state index >= 15 is 0 Å². The molecule has 3 aromatic rings. The number of aryl methyl sites for hydroxylation is 1. The van der Waals surface area contributed by atoms with E-state index in [0.717, 1.165) is 5.69 Å². The van der Waals surface area contributed by atoms with E-state index in [-0.39, 0.29) is 0 Å². The van der Waals surface area contributed by atoms with Crippen molar-refractivity contribution in [3.63, 3.8) is 0 Å². The maximum Gasteiger partial charge on any atom is 0.0489 e. The summed E-state index contributed by atoms with van der Waals surface area (Å²) in [5.74, 6) is 0. The zero-order chi connectivity index (χ0) is 12.5. The molecule has 2 nitrogen and oxygen atoms in total. The Balaban J connectivity index is 2.25. The van der Waals surface area contributed by atoms with E-state index in [0.29, 0.717) is 0 Å². The second-order valence-electron chi connectivity index (χ2n) is 4.53. The second kappa shape index (κ2) is 4.22. The number of hydrogen-bond donors (Lipinski definition) is 2. The Morgan fingerprint density at radius 1 is 1.06 bits per heavy atom. The van der Waals surface area contributed by atoms with Crippen molar-refractivity contribution in [1.29, 1.82) is 0 Å². The van der Waals surface area contributed by atoms with Crippen molar-refractivity contribution >= 4 is 16.6 Å². The minimum Gasteiger partial charge on any atom is -0.388 e. The van der Waals surface area contributed by atoms with Crippen LogP contribution in [-0.2, 0) is 0 Å².